The van der Waals surface area contributed by atoms with Gasteiger partial charge in [-0.25, -0.2) is 0 Å². The minimum atomic E-state index is -4.66. The number of halogens is 3. The van der Waals surface area contributed by atoms with Crippen molar-refractivity contribution < 1.29 is 27.5 Å². The third kappa shape index (κ3) is 5.25. The Hall–Kier alpha value is -2.92. The number of likely N-dealkylation sites (N-methyl/N-ethyl adjacent to an activating group) is 1. The molecule has 2 aliphatic rings. The molecule has 0 aromatic carbocycles. The van der Waals surface area contributed by atoms with Crippen LogP contribution in [0, 0.1) is 5.92 Å². The Morgan fingerprint density at radius 1 is 1.09 bits per heavy atom. The van der Waals surface area contributed by atoms with E-state index in [-0.39, 0.29) is 30.1 Å². The zero-order chi connectivity index (χ0) is 24.3. The molecular formula is C22H29F3N6O3. The largest absolute Gasteiger partial charge is 0.455 e. The number of rotatable bonds is 6. The van der Waals surface area contributed by atoms with Gasteiger partial charge < -0.3 is 14.5 Å². The molecule has 1 saturated heterocycles. The summed E-state index contributed by atoms with van der Waals surface area (Å²) >= 11 is 0. The van der Waals surface area contributed by atoms with E-state index in [0.29, 0.717) is 42.8 Å². The monoisotopic (exact) mass is 482 g/mol. The van der Waals surface area contributed by atoms with Crippen LogP contribution in [0.25, 0.3) is 5.65 Å². The van der Waals surface area contributed by atoms with Gasteiger partial charge in [0.05, 0.1) is 5.92 Å². The fourth-order valence-electron chi connectivity index (χ4n) is 4.83. The van der Waals surface area contributed by atoms with Crippen LogP contribution in [-0.2, 0) is 20.5 Å². The number of piperidine rings is 1. The molecule has 1 saturated carbocycles. The molecule has 34 heavy (non-hydrogen) atoms. The average molecular weight is 483 g/mol. The molecule has 4 rings (SSSR count). The van der Waals surface area contributed by atoms with Crippen molar-refractivity contribution >= 4 is 23.3 Å². The van der Waals surface area contributed by atoms with Gasteiger partial charge in [0, 0.05) is 25.7 Å². The Labute approximate surface area is 195 Å². The quantitative estimate of drug-likeness (QED) is 0.584. The third-order valence-corrected chi connectivity index (χ3v) is 6.67. The second-order valence-electron chi connectivity index (χ2n) is 8.82. The number of esters is 1. The maximum Gasteiger partial charge on any atom is 0.453 e. The molecule has 2 aromatic heterocycles. The molecule has 0 radical (unpaired) electrons. The fraction of sp³-hybridized carbons (Fsp3) is 0.682. The molecule has 2 fully saturated rings. The fourth-order valence-corrected chi connectivity index (χ4v) is 4.83. The first kappa shape index (κ1) is 24.2. The van der Waals surface area contributed by atoms with Crippen LogP contribution in [0.2, 0.25) is 0 Å². The molecule has 0 bridgehead atoms. The van der Waals surface area contributed by atoms with Crippen molar-refractivity contribution in [3.05, 3.63) is 18.0 Å². The number of carbonyl (C=O) groups is 2. The molecule has 3 heterocycles. The molecule has 0 unspecified atom stereocenters. The van der Waals surface area contributed by atoms with Gasteiger partial charge in [-0.1, -0.05) is 19.3 Å². The summed E-state index contributed by atoms with van der Waals surface area (Å²) in [6.45, 7) is 3.14. The summed E-state index contributed by atoms with van der Waals surface area (Å²) in [7, 11) is 0. The van der Waals surface area contributed by atoms with Crippen LogP contribution in [-0.4, -0.2) is 68.9 Å². The first-order valence-corrected chi connectivity index (χ1v) is 11.8. The minimum absolute atomic E-state index is 0.00792. The predicted molar refractivity (Wildman–Crippen MR) is 116 cm³/mol. The number of amides is 1. The first-order chi connectivity index (χ1) is 16.3. The number of nitrogens with zero attached hydrogens (tertiary/aromatic N) is 6. The Morgan fingerprint density at radius 3 is 2.44 bits per heavy atom. The van der Waals surface area contributed by atoms with Crippen molar-refractivity contribution in [2.45, 2.75) is 64.1 Å². The topological polar surface area (TPSA) is 92.9 Å². The molecule has 1 aliphatic heterocycles. The van der Waals surface area contributed by atoms with Crippen LogP contribution >= 0.6 is 0 Å². The van der Waals surface area contributed by atoms with Gasteiger partial charge in [0.1, 0.15) is 5.82 Å². The SMILES string of the molecule is CCN(C(=O)COC(=O)C1CCN(c2ccc3nnc(C(F)(F)F)n3n2)CC1)C1CCCCC1. The standard InChI is InChI=1S/C22H29F3N6O3/c1-2-30(16-6-4-3-5-7-16)19(32)14-34-20(33)15-10-12-29(13-11-15)18-9-8-17-26-27-21(22(23,24)25)31(17)28-18/h8-9,15-16H,2-7,10-14H2,1H3. The number of alkyl halides is 3. The van der Waals surface area contributed by atoms with Gasteiger partial charge in [-0.15, -0.1) is 15.3 Å². The van der Waals surface area contributed by atoms with E-state index in [0.717, 1.165) is 25.7 Å². The lowest BCUT2D eigenvalue weighted by Gasteiger charge is -2.34. The van der Waals surface area contributed by atoms with E-state index >= 15 is 0 Å². The van der Waals surface area contributed by atoms with Crippen LogP contribution in [0.5, 0.6) is 0 Å². The zero-order valence-electron chi connectivity index (χ0n) is 19.1. The maximum absolute atomic E-state index is 13.1. The third-order valence-electron chi connectivity index (χ3n) is 6.67. The van der Waals surface area contributed by atoms with Gasteiger partial charge in [0.2, 0.25) is 0 Å². The van der Waals surface area contributed by atoms with E-state index < -0.39 is 18.0 Å². The highest BCUT2D eigenvalue weighted by Gasteiger charge is 2.38. The summed E-state index contributed by atoms with van der Waals surface area (Å²) in [5.74, 6) is -1.76. The Bertz CT molecular complexity index is 1010. The van der Waals surface area contributed by atoms with E-state index in [1.54, 1.807) is 6.07 Å². The second kappa shape index (κ2) is 10.1. The zero-order valence-corrected chi connectivity index (χ0v) is 19.1. The van der Waals surface area contributed by atoms with E-state index in [4.69, 9.17) is 4.74 Å². The number of aromatic nitrogens is 4. The van der Waals surface area contributed by atoms with Gasteiger partial charge in [-0.3, -0.25) is 9.59 Å². The lowest BCUT2D eigenvalue weighted by atomic mass is 9.94. The molecule has 1 aliphatic carbocycles. The van der Waals surface area contributed by atoms with Crippen LogP contribution in [0.15, 0.2) is 12.1 Å². The summed E-state index contributed by atoms with van der Waals surface area (Å²) in [6.07, 6.45) is 1.66. The minimum Gasteiger partial charge on any atom is -0.455 e. The summed E-state index contributed by atoms with van der Waals surface area (Å²) in [5, 5.41) is 10.8. The van der Waals surface area contributed by atoms with Gasteiger partial charge in [0.25, 0.3) is 11.7 Å². The van der Waals surface area contributed by atoms with Crippen LogP contribution in [0.1, 0.15) is 57.7 Å². The predicted octanol–water partition coefficient (Wildman–Crippen LogP) is 3.08. The normalized spacial score (nSPS) is 18.3. The molecule has 9 nitrogen and oxygen atoms in total. The number of carbonyl (C=O) groups excluding carboxylic acids is 2. The Kier molecular flexibility index (Phi) is 7.22. The number of ether oxygens (including phenoxy) is 1. The van der Waals surface area contributed by atoms with Crippen LogP contribution < -0.4 is 4.90 Å². The lowest BCUT2D eigenvalue weighted by Crippen LogP contribution is -2.44. The summed E-state index contributed by atoms with van der Waals surface area (Å²) in [6, 6.07) is 3.25. The van der Waals surface area contributed by atoms with Gasteiger partial charge >= 0.3 is 12.1 Å². The highest BCUT2D eigenvalue weighted by atomic mass is 19.4. The number of fused-ring (bicyclic) bond motifs is 1. The number of hydrogen-bond donors (Lipinski definition) is 0. The molecule has 0 N–H and O–H groups in total. The lowest BCUT2D eigenvalue weighted by molar-refractivity contribution is -0.157. The van der Waals surface area contributed by atoms with E-state index in [9.17, 15) is 22.8 Å². The van der Waals surface area contributed by atoms with Crippen molar-refractivity contribution in [3.63, 3.8) is 0 Å². The molecule has 2 aromatic rings. The van der Waals surface area contributed by atoms with Crippen molar-refractivity contribution in [2.24, 2.45) is 5.92 Å². The first-order valence-electron chi connectivity index (χ1n) is 11.8. The van der Waals surface area contributed by atoms with Gasteiger partial charge in [-0.05, 0) is 44.7 Å². The molecule has 0 atom stereocenters. The van der Waals surface area contributed by atoms with Crippen molar-refractivity contribution in [1.82, 2.24) is 24.7 Å². The van der Waals surface area contributed by atoms with Crippen LogP contribution in [0.4, 0.5) is 19.0 Å². The van der Waals surface area contributed by atoms with Gasteiger partial charge in [0.15, 0.2) is 12.3 Å². The van der Waals surface area contributed by atoms with E-state index in [2.05, 4.69) is 15.3 Å². The van der Waals surface area contributed by atoms with Gasteiger partial charge in [-0.2, -0.15) is 17.7 Å². The Morgan fingerprint density at radius 2 is 1.79 bits per heavy atom. The number of hydrogen-bond acceptors (Lipinski definition) is 7. The Balaban J connectivity index is 1.30. The van der Waals surface area contributed by atoms with Crippen molar-refractivity contribution in [3.8, 4) is 0 Å². The second-order valence-corrected chi connectivity index (χ2v) is 8.82. The molecule has 1 amide bonds. The average Bonchev–Trinajstić information content (AvgIpc) is 3.28. The van der Waals surface area contributed by atoms with E-state index in [1.165, 1.54) is 12.5 Å². The maximum atomic E-state index is 13.1. The molecule has 12 heteroatoms. The number of anilines is 1. The van der Waals surface area contributed by atoms with Crippen molar-refractivity contribution in [2.75, 3.05) is 31.1 Å². The smallest absolute Gasteiger partial charge is 0.453 e. The van der Waals surface area contributed by atoms with E-state index in [1.807, 2.05) is 16.7 Å². The highest BCUT2D eigenvalue weighted by molar-refractivity contribution is 5.81. The summed E-state index contributed by atoms with van der Waals surface area (Å²) in [5.41, 5.74) is 0.00792. The van der Waals surface area contributed by atoms with Crippen molar-refractivity contribution in [1.29, 1.82) is 0 Å². The molecule has 186 valence electrons. The highest BCUT2D eigenvalue weighted by Crippen LogP contribution is 2.29. The van der Waals surface area contributed by atoms with Crippen LogP contribution in [0.3, 0.4) is 0 Å². The summed E-state index contributed by atoms with van der Waals surface area (Å²) < 4.78 is 45.4. The summed E-state index contributed by atoms with van der Waals surface area (Å²) in [4.78, 5) is 28.8. The molecular weight excluding hydrogens is 453 g/mol. The molecule has 0 spiro atoms.